The number of ether oxygens (including phenoxy) is 1. The van der Waals surface area contributed by atoms with Gasteiger partial charge in [0.2, 0.25) is 5.95 Å². The van der Waals surface area contributed by atoms with E-state index in [1.54, 1.807) is 7.11 Å². The molecular weight excluding hydrogens is 190 g/mol. The molecule has 4 heteroatoms. The molecule has 1 aromatic rings. The first-order valence-electron chi connectivity index (χ1n) is 5.08. The number of hydrogen-bond donors (Lipinski definition) is 1. The summed E-state index contributed by atoms with van der Waals surface area (Å²) in [6, 6.07) is 0.281. The maximum absolute atomic E-state index is 5.13. The highest BCUT2D eigenvalue weighted by molar-refractivity contribution is 5.30. The van der Waals surface area contributed by atoms with Crippen molar-refractivity contribution in [2.45, 2.75) is 19.9 Å². The minimum absolute atomic E-state index is 0.281. The summed E-state index contributed by atoms with van der Waals surface area (Å²) in [5, 5.41) is 3.20. The van der Waals surface area contributed by atoms with Crippen LogP contribution in [0.4, 0.5) is 5.95 Å². The Hall–Kier alpha value is -1.29. The largest absolute Gasteiger partial charge is 0.383 e. The van der Waals surface area contributed by atoms with Gasteiger partial charge in [-0.15, -0.1) is 6.58 Å². The number of methoxy groups -OCH3 is 1. The van der Waals surface area contributed by atoms with Gasteiger partial charge in [-0.1, -0.05) is 6.08 Å². The molecule has 0 aliphatic rings. The lowest BCUT2D eigenvalue weighted by atomic mass is 10.3. The number of nitrogens with zero attached hydrogens (tertiary/aromatic N) is 2. The van der Waals surface area contributed by atoms with Crippen LogP contribution in [0.15, 0.2) is 18.9 Å². The third-order valence-corrected chi connectivity index (χ3v) is 2.14. The quantitative estimate of drug-likeness (QED) is 0.728. The highest BCUT2D eigenvalue weighted by atomic mass is 16.5. The van der Waals surface area contributed by atoms with Crippen LogP contribution in [0.1, 0.15) is 18.7 Å². The van der Waals surface area contributed by atoms with Gasteiger partial charge in [0, 0.05) is 19.9 Å². The van der Waals surface area contributed by atoms with Crippen molar-refractivity contribution in [3.05, 3.63) is 24.5 Å². The number of aryl methyl sites for hydroxylation is 1. The number of nitrogens with one attached hydrogen (secondary N) is 1. The predicted molar refractivity (Wildman–Crippen MR) is 62.2 cm³/mol. The Bertz CT molecular complexity index is 320. The van der Waals surface area contributed by atoms with Crippen LogP contribution in [0.5, 0.6) is 0 Å². The molecule has 0 saturated heterocycles. The Balaban J connectivity index is 2.79. The topological polar surface area (TPSA) is 39.1 Å². The zero-order chi connectivity index (χ0) is 11.3. The summed E-state index contributed by atoms with van der Waals surface area (Å²) < 4.78 is 7.22. The second-order valence-corrected chi connectivity index (χ2v) is 3.59. The zero-order valence-electron chi connectivity index (χ0n) is 9.66. The Morgan fingerprint density at radius 1 is 1.73 bits per heavy atom. The summed E-state index contributed by atoms with van der Waals surface area (Å²) in [7, 11) is 1.71. The van der Waals surface area contributed by atoms with E-state index in [0.29, 0.717) is 6.61 Å². The summed E-state index contributed by atoms with van der Waals surface area (Å²) in [5.41, 5.74) is 1.00. The average molecular weight is 209 g/mol. The monoisotopic (exact) mass is 209 g/mol. The molecule has 0 aliphatic heterocycles. The SMILES string of the molecule is C=CCNc1nc(C)cn1C(C)COC. The molecule has 1 rings (SSSR count). The van der Waals surface area contributed by atoms with Crippen molar-refractivity contribution in [3.63, 3.8) is 0 Å². The van der Waals surface area contributed by atoms with E-state index in [2.05, 4.69) is 28.4 Å². The molecule has 0 fully saturated rings. The van der Waals surface area contributed by atoms with Gasteiger partial charge < -0.3 is 14.6 Å². The van der Waals surface area contributed by atoms with Crippen molar-refractivity contribution in [2.24, 2.45) is 0 Å². The molecule has 1 unspecified atom stereocenters. The number of aromatic nitrogens is 2. The molecule has 0 bridgehead atoms. The molecule has 0 saturated carbocycles. The molecule has 1 N–H and O–H groups in total. The van der Waals surface area contributed by atoms with E-state index in [0.717, 1.165) is 18.2 Å². The maximum atomic E-state index is 5.13. The fourth-order valence-corrected chi connectivity index (χ4v) is 1.47. The molecule has 0 radical (unpaired) electrons. The van der Waals surface area contributed by atoms with Crippen molar-refractivity contribution in [1.82, 2.24) is 9.55 Å². The molecule has 0 amide bonds. The van der Waals surface area contributed by atoms with Crippen molar-refractivity contribution in [3.8, 4) is 0 Å². The molecule has 84 valence electrons. The molecule has 1 atom stereocenters. The minimum atomic E-state index is 0.281. The lowest BCUT2D eigenvalue weighted by Gasteiger charge is -2.15. The predicted octanol–water partition coefficient (Wildman–Crippen LogP) is 2.00. The lowest BCUT2D eigenvalue weighted by molar-refractivity contribution is 0.163. The van der Waals surface area contributed by atoms with Crippen LogP contribution in [-0.4, -0.2) is 29.8 Å². The average Bonchev–Trinajstić information content (AvgIpc) is 2.57. The van der Waals surface area contributed by atoms with Crippen LogP contribution in [0.25, 0.3) is 0 Å². The lowest BCUT2D eigenvalue weighted by Crippen LogP contribution is -2.14. The Labute approximate surface area is 91.0 Å². The summed E-state index contributed by atoms with van der Waals surface area (Å²) >= 11 is 0. The Morgan fingerprint density at radius 2 is 2.47 bits per heavy atom. The Morgan fingerprint density at radius 3 is 3.07 bits per heavy atom. The number of rotatable bonds is 6. The van der Waals surface area contributed by atoms with E-state index in [9.17, 15) is 0 Å². The van der Waals surface area contributed by atoms with E-state index >= 15 is 0 Å². The number of imidazole rings is 1. The van der Waals surface area contributed by atoms with Crippen LogP contribution < -0.4 is 5.32 Å². The van der Waals surface area contributed by atoms with Gasteiger partial charge in [-0.25, -0.2) is 4.98 Å². The fraction of sp³-hybridized carbons (Fsp3) is 0.545. The number of hydrogen-bond acceptors (Lipinski definition) is 3. The van der Waals surface area contributed by atoms with Crippen molar-refractivity contribution < 1.29 is 4.74 Å². The van der Waals surface area contributed by atoms with Gasteiger partial charge in [0.25, 0.3) is 0 Å². The molecule has 1 heterocycles. The third-order valence-electron chi connectivity index (χ3n) is 2.14. The molecule has 4 nitrogen and oxygen atoms in total. The minimum Gasteiger partial charge on any atom is -0.383 e. The first-order valence-corrected chi connectivity index (χ1v) is 5.08. The van der Waals surface area contributed by atoms with Crippen LogP contribution in [-0.2, 0) is 4.74 Å². The van der Waals surface area contributed by atoms with Crippen molar-refractivity contribution >= 4 is 5.95 Å². The van der Waals surface area contributed by atoms with Gasteiger partial charge >= 0.3 is 0 Å². The van der Waals surface area contributed by atoms with E-state index in [-0.39, 0.29) is 6.04 Å². The van der Waals surface area contributed by atoms with Gasteiger partial charge in [0.1, 0.15) is 0 Å². The van der Waals surface area contributed by atoms with Crippen LogP contribution >= 0.6 is 0 Å². The van der Waals surface area contributed by atoms with E-state index in [1.807, 2.05) is 19.2 Å². The second kappa shape index (κ2) is 5.56. The summed E-state index contributed by atoms with van der Waals surface area (Å²) in [4.78, 5) is 4.40. The number of anilines is 1. The molecule has 15 heavy (non-hydrogen) atoms. The van der Waals surface area contributed by atoms with Gasteiger partial charge in [0.05, 0.1) is 18.3 Å². The second-order valence-electron chi connectivity index (χ2n) is 3.59. The fourth-order valence-electron chi connectivity index (χ4n) is 1.47. The zero-order valence-corrected chi connectivity index (χ0v) is 9.66. The van der Waals surface area contributed by atoms with Crippen LogP contribution in [0.2, 0.25) is 0 Å². The van der Waals surface area contributed by atoms with Gasteiger partial charge in [-0.2, -0.15) is 0 Å². The van der Waals surface area contributed by atoms with Crippen molar-refractivity contribution in [2.75, 3.05) is 25.6 Å². The smallest absolute Gasteiger partial charge is 0.203 e. The third kappa shape index (κ3) is 3.09. The van der Waals surface area contributed by atoms with Crippen LogP contribution in [0.3, 0.4) is 0 Å². The maximum Gasteiger partial charge on any atom is 0.203 e. The van der Waals surface area contributed by atoms with E-state index < -0.39 is 0 Å². The standard InChI is InChI=1S/C11H19N3O/c1-5-6-12-11-13-9(2)7-14(11)10(3)8-15-4/h5,7,10H,1,6,8H2,2-4H3,(H,12,13). The van der Waals surface area contributed by atoms with Gasteiger partial charge in [-0.3, -0.25) is 0 Å². The highest BCUT2D eigenvalue weighted by Gasteiger charge is 2.10. The summed E-state index contributed by atoms with van der Waals surface area (Å²) in [6.45, 7) is 9.15. The normalized spacial score (nSPS) is 12.5. The molecule has 0 aromatic carbocycles. The molecular formula is C11H19N3O. The molecule has 0 spiro atoms. The van der Waals surface area contributed by atoms with E-state index in [4.69, 9.17) is 4.74 Å². The highest BCUT2D eigenvalue weighted by Crippen LogP contribution is 2.15. The summed E-state index contributed by atoms with van der Waals surface area (Å²) in [6.07, 6.45) is 3.84. The van der Waals surface area contributed by atoms with Crippen LogP contribution in [0, 0.1) is 6.92 Å². The first-order chi connectivity index (χ1) is 7.19. The van der Waals surface area contributed by atoms with Gasteiger partial charge in [-0.05, 0) is 13.8 Å². The first kappa shape index (κ1) is 11.8. The van der Waals surface area contributed by atoms with Gasteiger partial charge in [0.15, 0.2) is 0 Å². The Kier molecular flexibility index (Phi) is 4.37. The molecule has 0 aliphatic carbocycles. The van der Waals surface area contributed by atoms with E-state index in [1.165, 1.54) is 0 Å². The summed E-state index contributed by atoms with van der Waals surface area (Å²) in [5.74, 6) is 0.872. The van der Waals surface area contributed by atoms with Crippen molar-refractivity contribution in [1.29, 1.82) is 0 Å². The molecule has 1 aromatic heterocycles.